The van der Waals surface area contributed by atoms with Gasteiger partial charge < -0.3 is 19.7 Å². The molecule has 4 rings (SSSR count). The molecule has 2 aromatic rings. The number of benzene rings is 2. The van der Waals surface area contributed by atoms with E-state index in [1.54, 1.807) is 0 Å². The van der Waals surface area contributed by atoms with Crippen molar-refractivity contribution in [1.82, 2.24) is 0 Å². The number of ether oxygens (including phenoxy) is 2. The van der Waals surface area contributed by atoms with Gasteiger partial charge >= 0.3 is 0 Å². The van der Waals surface area contributed by atoms with Crippen molar-refractivity contribution >= 4 is 17.3 Å². The number of hydrogen-bond acceptors (Lipinski definition) is 4. The van der Waals surface area contributed by atoms with Crippen molar-refractivity contribution < 1.29 is 14.3 Å². The first-order chi connectivity index (χ1) is 12.3. The van der Waals surface area contributed by atoms with Crippen LogP contribution in [0.5, 0.6) is 0 Å². The van der Waals surface area contributed by atoms with E-state index in [0.29, 0.717) is 19.8 Å². The zero-order valence-electron chi connectivity index (χ0n) is 14.1. The summed E-state index contributed by atoms with van der Waals surface area (Å²) in [6.07, 6.45) is 0.534. The second kappa shape index (κ2) is 7.25. The molecule has 130 valence electrons. The van der Waals surface area contributed by atoms with Crippen molar-refractivity contribution in [3.05, 3.63) is 59.7 Å². The van der Waals surface area contributed by atoms with E-state index in [1.807, 2.05) is 18.2 Å². The first-order valence-corrected chi connectivity index (χ1v) is 8.72. The molecule has 0 radical (unpaired) electrons. The van der Waals surface area contributed by atoms with Crippen molar-refractivity contribution in [3.8, 4) is 0 Å². The molecule has 5 heteroatoms. The van der Waals surface area contributed by atoms with Gasteiger partial charge in [-0.1, -0.05) is 36.4 Å². The maximum Gasteiger partial charge on any atom is 0.255 e. The van der Waals surface area contributed by atoms with Crippen LogP contribution in [0.1, 0.15) is 11.1 Å². The van der Waals surface area contributed by atoms with Gasteiger partial charge in [-0.25, -0.2) is 0 Å². The minimum absolute atomic E-state index is 0.144. The third-order valence-corrected chi connectivity index (χ3v) is 4.73. The SMILES string of the molecule is O=C(Nc1ccccc1CN1CCc2ccccc21)C1COCCO1. The largest absolute Gasteiger partial charge is 0.376 e. The maximum absolute atomic E-state index is 12.4. The number of fused-ring (bicyclic) bond motifs is 1. The van der Waals surface area contributed by atoms with Crippen LogP contribution in [0.15, 0.2) is 48.5 Å². The topological polar surface area (TPSA) is 50.8 Å². The predicted octanol–water partition coefficient (Wildman–Crippen LogP) is 2.60. The predicted molar refractivity (Wildman–Crippen MR) is 96.8 cm³/mol. The van der Waals surface area contributed by atoms with E-state index in [9.17, 15) is 4.79 Å². The van der Waals surface area contributed by atoms with Crippen LogP contribution < -0.4 is 10.2 Å². The fourth-order valence-corrected chi connectivity index (χ4v) is 3.41. The van der Waals surface area contributed by atoms with Crippen LogP contribution in [0.2, 0.25) is 0 Å². The van der Waals surface area contributed by atoms with Crippen LogP contribution in [0, 0.1) is 0 Å². The zero-order valence-corrected chi connectivity index (χ0v) is 14.1. The molecule has 0 bridgehead atoms. The molecule has 1 amide bonds. The van der Waals surface area contributed by atoms with Gasteiger partial charge in [0.05, 0.1) is 19.8 Å². The van der Waals surface area contributed by atoms with Gasteiger partial charge in [0, 0.05) is 24.5 Å². The van der Waals surface area contributed by atoms with Crippen LogP contribution in [0.3, 0.4) is 0 Å². The molecule has 5 nitrogen and oxygen atoms in total. The summed E-state index contributed by atoms with van der Waals surface area (Å²) >= 11 is 0. The van der Waals surface area contributed by atoms with Gasteiger partial charge in [0.1, 0.15) is 0 Å². The minimum Gasteiger partial charge on any atom is -0.376 e. The third kappa shape index (κ3) is 3.52. The monoisotopic (exact) mass is 338 g/mol. The normalized spacial score (nSPS) is 19.5. The van der Waals surface area contributed by atoms with Gasteiger partial charge in [0.25, 0.3) is 5.91 Å². The number of nitrogens with zero attached hydrogens (tertiary/aromatic N) is 1. The Morgan fingerprint density at radius 3 is 2.84 bits per heavy atom. The fraction of sp³-hybridized carbons (Fsp3) is 0.350. The molecule has 0 aromatic heterocycles. The van der Waals surface area contributed by atoms with E-state index in [-0.39, 0.29) is 5.91 Å². The molecule has 25 heavy (non-hydrogen) atoms. The van der Waals surface area contributed by atoms with E-state index in [4.69, 9.17) is 9.47 Å². The molecule has 0 saturated carbocycles. The Hall–Kier alpha value is -2.37. The molecule has 0 spiro atoms. The minimum atomic E-state index is -0.533. The molecule has 2 heterocycles. The summed E-state index contributed by atoms with van der Waals surface area (Å²) in [6, 6.07) is 16.5. The average Bonchev–Trinajstić information content (AvgIpc) is 3.07. The molecular weight excluding hydrogens is 316 g/mol. The Labute approximate surface area is 147 Å². The van der Waals surface area contributed by atoms with E-state index >= 15 is 0 Å². The highest BCUT2D eigenvalue weighted by atomic mass is 16.6. The molecule has 2 aliphatic rings. The van der Waals surface area contributed by atoms with Crippen molar-refractivity contribution in [2.75, 3.05) is 36.6 Å². The molecule has 2 aromatic carbocycles. The van der Waals surface area contributed by atoms with Crippen LogP contribution in [-0.2, 0) is 27.2 Å². The molecule has 2 aliphatic heterocycles. The summed E-state index contributed by atoms with van der Waals surface area (Å²) in [5.74, 6) is -0.144. The highest BCUT2D eigenvalue weighted by molar-refractivity contribution is 5.95. The molecule has 1 N–H and O–H groups in total. The molecule has 1 atom stereocenters. The van der Waals surface area contributed by atoms with Gasteiger partial charge in [0.2, 0.25) is 0 Å². The first-order valence-electron chi connectivity index (χ1n) is 8.72. The van der Waals surface area contributed by atoms with Crippen molar-refractivity contribution in [3.63, 3.8) is 0 Å². The van der Waals surface area contributed by atoms with E-state index in [1.165, 1.54) is 11.3 Å². The summed E-state index contributed by atoms with van der Waals surface area (Å²) in [4.78, 5) is 14.8. The van der Waals surface area contributed by atoms with Gasteiger partial charge in [-0.3, -0.25) is 4.79 Å². The van der Waals surface area contributed by atoms with E-state index in [2.05, 4.69) is 40.5 Å². The Balaban J connectivity index is 1.49. The quantitative estimate of drug-likeness (QED) is 0.931. The summed E-state index contributed by atoms with van der Waals surface area (Å²) in [5.41, 5.74) is 4.61. The number of carbonyl (C=O) groups excluding carboxylic acids is 1. The highest BCUT2D eigenvalue weighted by Gasteiger charge is 2.24. The number of carbonyl (C=O) groups is 1. The van der Waals surface area contributed by atoms with Gasteiger partial charge in [-0.05, 0) is 29.7 Å². The lowest BCUT2D eigenvalue weighted by molar-refractivity contribution is -0.142. The van der Waals surface area contributed by atoms with Crippen molar-refractivity contribution in [1.29, 1.82) is 0 Å². The summed E-state index contributed by atoms with van der Waals surface area (Å²) in [6.45, 7) is 3.10. The van der Waals surface area contributed by atoms with Crippen LogP contribution >= 0.6 is 0 Å². The van der Waals surface area contributed by atoms with Crippen molar-refractivity contribution in [2.45, 2.75) is 19.1 Å². The number of anilines is 2. The standard InChI is InChI=1S/C20H22N2O3/c23-20(19-14-24-11-12-25-19)21-17-7-3-1-6-16(17)13-22-10-9-15-5-2-4-8-18(15)22/h1-8,19H,9-14H2,(H,21,23). The molecule has 1 unspecified atom stereocenters. The maximum atomic E-state index is 12.4. The van der Waals surface area contributed by atoms with Crippen LogP contribution in [0.25, 0.3) is 0 Å². The summed E-state index contributed by atoms with van der Waals surface area (Å²) in [7, 11) is 0. The van der Waals surface area contributed by atoms with Crippen molar-refractivity contribution in [2.24, 2.45) is 0 Å². The summed E-state index contributed by atoms with van der Waals surface area (Å²) < 4.78 is 10.8. The number of amides is 1. The summed E-state index contributed by atoms with van der Waals surface area (Å²) in [5, 5.41) is 3.01. The molecular formula is C20H22N2O3. The second-order valence-electron chi connectivity index (χ2n) is 6.38. The second-order valence-corrected chi connectivity index (χ2v) is 6.38. The van der Waals surface area contributed by atoms with Gasteiger partial charge in [-0.15, -0.1) is 0 Å². The Morgan fingerprint density at radius 1 is 1.12 bits per heavy atom. The third-order valence-electron chi connectivity index (χ3n) is 4.73. The van der Waals surface area contributed by atoms with E-state index in [0.717, 1.165) is 30.8 Å². The lowest BCUT2D eigenvalue weighted by Gasteiger charge is -2.24. The Bertz CT molecular complexity index is 756. The lowest BCUT2D eigenvalue weighted by Crippen LogP contribution is -2.39. The molecule has 1 fully saturated rings. The smallest absolute Gasteiger partial charge is 0.255 e. The number of nitrogens with one attached hydrogen (secondary N) is 1. The highest BCUT2D eigenvalue weighted by Crippen LogP contribution is 2.30. The van der Waals surface area contributed by atoms with Gasteiger partial charge in [0.15, 0.2) is 6.10 Å². The fourth-order valence-electron chi connectivity index (χ4n) is 3.41. The molecule has 0 aliphatic carbocycles. The van der Waals surface area contributed by atoms with Crippen LogP contribution in [-0.4, -0.2) is 38.4 Å². The Kier molecular flexibility index (Phi) is 4.68. The number of hydrogen-bond donors (Lipinski definition) is 1. The lowest BCUT2D eigenvalue weighted by atomic mass is 10.1. The van der Waals surface area contributed by atoms with E-state index < -0.39 is 6.10 Å². The Morgan fingerprint density at radius 2 is 1.96 bits per heavy atom. The molecule has 1 saturated heterocycles. The number of para-hydroxylation sites is 2. The average molecular weight is 338 g/mol. The van der Waals surface area contributed by atoms with Crippen LogP contribution in [0.4, 0.5) is 11.4 Å². The first kappa shape index (κ1) is 16.1. The number of rotatable bonds is 4. The van der Waals surface area contributed by atoms with Gasteiger partial charge in [-0.2, -0.15) is 0 Å². The zero-order chi connectivity index (χ0) is 17.1.